The highest BCUT2D eigenvalue weighted by molar-refractivity contribution is 5.70. The maximum Gasteiger partial charge on any atom is 0.316 e. The quantitative estimate of drug-likeness (QED) is 0.580. The van der Waals surface area contributed by atoms with E-state index in [1.165, 1.54) is 0 Å². The fourth-order valence-electron chi connectivity index (χ4n) is 1.33. The van der Waals surface area contributed by atoms with Crippen LogP contribution < -0.4 is 16.1 Å². The maximum absolute atomic E-state index is 11.8. The highest BCUT2D eigenvalue weighted by atomic mass is 16.7. The number of anilines is 1. The van der Waals surface area contributed by atoms with E-state index in [1.54, 1.807) is 6.92 Å². The molecule has 0 aliphatic rings. The predicted octanol–water partition coefficient (Wildman–Crippen LogP) is -1.57. The van der Waals surface area contributed by atoms with Gasteiger partial charge in [0.2, 0.25) is 5.95 Å². The molecule has 0 aromatic carbocycles. The number of nitrogens with one attached hydrogen (secondary N) is 1. The number of aromatic nitrogens is 4. The first-order chi connectivity index (χ1) is 7.63. The maximum atomic E-state index is 11.8. The van der Waals surface area contributed by atoms with Gasteiger partial charge in [0, 0.05) is 0 Å². The van der Waals surface area contributed by atoms with Crippen LogP contribution in [0.25, 0.3) is 11.2 Å². The lowest BCUT2D eigenvalue weighted by Gasteiger charge is -2.07. The lowest BCUT2D eigenvalue weighted by molar-refractivity contribution is 0.0725. The molecule has 0 spiro atoms. The molecule has 0 saturated heterocycles. The molecular formula is C8H11N5O3. The van der Waals surface area contributed by atoms with Gasteiger partial charge >= 0.3 is 5.56 Å². The Morgan fingerprint density at radius 2 is 2.31 bits per heavy atom. The third-order valence-corrected chi connectivity index (χ3v) is 1.94. The second-order valence-electron chi connectivity index (χ2n) is 3.15. The Bertz CT molecular complexity index is 573. The molecule has 4 N–H and O–H groups in total. The first-order valence-corrected chi connectivity index (χ1v) is 4.62. The molecule has 0 atom stereocenters. The standard InChI is InChI=1S/C8H11N5O3/c1-4-10-5-6(11-4)12-8(9)13(7(5)15)16-3-2-14/h14H,2-3H2,1H3,(H2,9,12)(H,10,11). The van der Waals surface area contributed by atoms with Crippen LogP contribution in [0.1, 0.15) is 5.82 Å². The van der Waals surface area contributed by atoms with Crippen LogP contribution in [-0.2, 0) is 0 Å². The van der Waals surface area contributed by atoms with E-state index < -0.39 is 5.56 Å². The van der Waals surface area contributed by atoms with Crippen molar-refractivity contribution in [2.45, 2.75) is 6.92 Å². The number of nitrogens with two attached hydrogens (primary N) is 1. The van der Waals surface area contributed by atoms with E-state index >= 15 is 0 Å². The molecule has 8 heteroatoms. The van der Waals surface area contributed by atoms with Gasteiger partial charge in [0.1, 0.15) is 12.4 Å². The number of aryl methyl sites for hydroxylation is 1. The number of hydrogen-bond acceptors (Lipinski definition) is 6. The Morgan fingerprint density at radius 3 is 3.00 bits per heavy atom. The van der Waals surface area contributed by atoms with E-state index in [0.717, 1.165) is 4.73 Å². The number of fused-ring (bicyclic) bond motifs is 1. The van der Waals surface area contributed by atoms with Crippen LogP contribution in [0.15, 0.2) is 4.79 Å². The van der Waals surface area contributed by atoms with Crippen LogP contribution in [0, 0.1) is 6.92 Å². The minimum absolute atomic E-state index is 0.0410. The molecule has 8 nitrogen and oxygen atoms in total. The summed E-state index contributed by atoms with van der Waals surface area (Å²) in [7, 11) is 0. The average molecular weight is 225 g/mol. The predicted molar refractivity (Wildman–Crippen MR) is 55.8 cm³/mol. The molecule has 0 radical (unpaired) electrons. The number of nitrogen functional groups attached to an aromatic ring is 1. The number of imidazole rings is 1. The van der Waals surface area contributed by atoms with Gasteiger partial charge in [0.25, 0.3) is 0 Å². The summed E-state index contributed by atoms with van der Waals surface area (Å²) in [5.74, 6) is 0.480. The average Bonchev–Trinajstić information content (AvgIpc) is 2.59. The Kier molecular flexibility index (Phi) is 2.49. The van der Waals surface area contributed by atoms with Crippen LogP contribution in [0.3, 0.4) is 0 Å². The van der Waals surface area contributed by atoms with E-state index in [-0.39, 0.29) is 24.7 Å². The molecule has 2 aromatic rings. The van der Waals surface area contributed by atoms with Crippen LogP contribution in [0.2, 0.25) is 0 Å². The van der Waals surface area contributed by atoms with Gasteiger partial charge in [-0.3, -0.25) is 4.79 Å². The minimum atomic E-state index is -0.500. The Labute approximate surface area is 89.6 Å². The van der Waals surface area contributed by atoms with Crippen molar-refractivity contribution in [1.29, 1.82) is 0 Å². The number of rotatable bonds is 3. The number of aromatic amines is 1. The largest absolute Gasteiger partial charge is 0.405 e. The zero-order valence-electron chi connectivity index (χ0n) is 8.60. The van der Waals surface area contributed by atoms with E-state index in [4.69, 9.17) is 15.7 Å². The second kappa shape index (κ2) is 3.81. The molecule has 16 heavy (non-hydrogen) atoms. The monoisotopic (exact) mass is 225 g/mol. The number of hydrogen-bond donors (Lipinski definition) is 3. The van der Waals surface area contributed by atoms with Crippen LogP contribution >= 0.6 is 0 Å². The zero-order chi connectivity index (χ0) is 11.7. The van der Waals surface area contributed by atoms with Crippen molar-refractivity contribution in [3.8, 4) is 0 Å². The number of H-pyrrole nitrogens is 1. The smallest absolute Gasteiger partial charge is 0.316 e. The first kappa shape index (κ1) is 10.4. The van der Waals surface area contributed by atoms with E-state index in [0.29, 0.717) is 11.5 Å². The van der Waals surface area contributed by atoms with Crippen molar-refractivity contribution in [3.63, 3.8) is 0 Å². The number of aliphatic hydroxyl groups excluding tert-OH is 1. The van der Waals surface area contributed by atoms with Crippen molar-refractivity contribution >= 4 is 17.1 Å². The summed E-state index contributed by atoms with van der Waals surface area (Å²) in [6.45, 7) is 1.44. The molecule has 0 fully saturated rings. The van der Waals surface area contributed by atoms with Gasteiger partial charge in [-0.05, 0) is 6.92 Å². The van der Waals surface area contributed by atoms with Crippen molar-refractivity contribution in [1.82, 2.24) is 19.7 Å². The Hall–Kier alpha value is -2.09. The summed E-state index contributed by atoms with van der Waals surface area (Å²) in [6, 6.07) is 0. The molecule has 0 amide bonds. The van der Waals surface area contributed by atoms with Crippen molar-refractivity contribution < 1.29 is 9.94 Å². The summed E-state index contributed by atoms with van der Waals surface area (Å²) < 4.78 is 0.818. The fraction of sp³-hybridized carbons (Fsp3) is 0.375. The van der Waals surface area contributed by atoms with Crippen molar-refractivity contribution in [2.75, 3.05) is 18.9 Å². The van der Waals surface area contributed by atoms with E-state index in [2.05, 4.69) is 15.0 Å². The molecule has 0 aliphatic carbocycles. The second-order valence-corrected chi connectivity index (χ2v) is 3.15. The highest BCUT2D eigenvalue weighted by Crippen LogP contribution is 2.05. The van der Waals surface area contributed by atoms with Gasteiger partial charge in [0.15, 0.2) is 11.2 Å². The number of nitrogens with zero attached hydrogens (tertiary/aromatic N) is 3. The lowest BCUT2D eigenvalue weighted by Crippen LogP contribution is -2.31. The van der Waals surface area contributed by atoms with Crippen molar-refractivity contribution in [3.05, 3.63) is 16.2 Å². The summed E-state index contributed by atoms with van der Waals surface area (Å²) in [4.78, 5) is 27.5. The third kappa shape index (κ3) is 1.58. The number of aliphatic hydroxyl groups is 1. The summed E-state index contributed by atoms with van der Waals surface area (Å²) >= 11 is 0. The van der Waals surface area contributed by atoms with Crippen LogP contribution in [0.4, 0.5) is 5.95 Å². The summed E-state index contributed by atoms with van der Waals surface area (Å²) in [6.07, 6.45) is 0. The van der Waals surface area contributed by atoms with Crippen LogP contribution in [0.5, 0.6) is 0 Å². The lowest BCUT2D eigenvalue weighted by atomic mass is 10.5. The van der Waals surface area contributed by atoms with Gasteiger partial charge in [-0.25, -0.2) is 4.98 Å². The molecule has 2 aromatic heterocycles. The molecule has 0 bridgehead atoms. The van der Waals surface area contributed by atoms with Gasteiger partial charge in [-0.2, -0.15) is 4.98 Å². The van der Waals surface area contributed by atoms with Gasteiger partial charge in [-0.15, -0.1) is 4.73 Å². The van der Waals surface area contributed by atoms with Crippen molar-refractivity contribution in [2.24, 2.45) is 0 Å². The van der Waals surface area contributed by atoms with E-state index in [1.807, 2.05) is 0 Å². The van der Waals surface area contributed by atoms with Gasteiger partial charge in [0.05, 0.1) is 6.61 Å². The third-order valence-electron chi connectivity index (χ3n) is 1.94. The molecular weight excluding hydrogens is 214 g/mol. The molecule has 0 aliphatic heterocycles. The van der Waals surface area contributed by atoms with Gasteiger partial charge < -0.3 is 20.7 Å². The molecule has 2 heterocycles. The van der Waals surface area contributed by atoms with Gasteiger partial charge in [-0.1, -0.05) is 0 Å². The normalized spacial score (nSPS) is 10.9. The SMILES string of the molecule is Cc1nc2c(=O)n(OCCO)c(N)nc2[nH]1. The topological polar surface area (TPSA) is 119 Å². The first-order valence-electron chi connectivity index (χ1n) is 4.62. The zero-order valence-corrected chi connectivity index (χ0v) is 8.60. The summed E-state index contributed by atoms with van der Waals surface area (Å²) in [5, 5.41) is 8.60. The Morgan fingerprint density at radius 1 is 1.56 bits per heavy atom. The van der Waals surface area contributed by atoms with E-state index in [9.17, 15) is 4.79 Å². The Balaban J connectivity index is 2.60. The molecule has 0 saturated carbocycles. The minimum Gasteiger partial charge on any atom is -0.405 e. The molecule has 2 rings (SSSR count). The van der Waals surface area contributed by atoms with Crippen LogP contribution in [-0.4, -0.2) is 38.0 Å². The summed E-state index contributed by atoms with van der Waals surface area (Å²) in [5.41, 5.74) is 5.52. The fourth-order valence-corrected chi connectivity index (χ4v) is 1.33. The molecule has 86 valence electrons. The molecule has 0 unspecified atom stereocenters. The highest BCUT2D eigenvalue weighted by Gasteiger charge is 2.12.